The Hall–Kier alpha value is -1.89. The molecule has 1 fully saturated rings. The van der Waals surface area contributed by atoms with Gasteiger partial charge in [-0.1, -0.05) is 13.8 Å². The topological polar surface area (TPSA) is 70.5 Å². The minimum Gasteiger partial charge on any atom is -0.347 e. The van der Waals surface area contributed by atoms with E-state index in [4.69, 9.17) is 0 Å². The summed E-state index contributed by atoms with van der Waals surface area (Å²) in [6, 6.07) is 0. The van der Waals surface area contributed by atoms with E-state index in [1.54, 1.807) is 0 Å². The monoisotopic (exact) mass is 349 g/mol. The van der Waals surface area contributed by atoms with Crippen molar-refractivity contribution in [1.82, 2.24) is 24.9 Å². The molecule has 140 valence electrons. The average Bonchev–Trinajstić information content (AvgIpc) is 2.95. The first-order valence-electron chi connectivity index (χ1n) is 9.32. The minimum atomic E-state index is -0.0449. The van der Waals surface area contributed by atoms with Crippen molar-refractivity contribution in [1.29, 1.82) is 0 Å². The molecule has 1 N–H and O–H groups in total. The first-order chi connectivity index (χ1) is 12.0. The molecule has 2 rings (SSSR count). The van der Waals surface area contributed by atoms with E-state index in [1.165, 1.54) is 5.56 Å². The van der Waals surface area contributed by atoms with Gasteiger partial charge in [0.2, 0.25) is 11.8 Å². The highest BCUT2D eigenvalue weighted by Gasteiger charge is 2.20. The van der Waals surface area contributed by atoms with Gasteiger partial charge in [0.1, 0.15) is 0 Å². The van der Waals surface area contributed by atoms with Crippen molar-refractivity contribution in [3.63, 3.8) is 0 Å². The Bertz CT molecular complexity index is 572. The second-order valence-electron chi connectivity index (χ2n) is 6.74. The van der Waals surface area contributed by atoms with Gasteiger partial charge in [-0.2, -0.15) is 5.10 Å². The zero-order chi connectivity index (χ0) is 18.2. The van der Waals surface area contributed by atoms with E-state index >= 15 is 0 Å². The lowest BCUT2D eigenvalue weighted by molar-refractivity contribution is -0.133. The van der Waals surface area contributed by atoms with Crippen LogP contribution in [0, 0.1) is 5.92 Å². The van der Waals surface area contributed by atoms with Crippen LogP contribution in [0.15, 0.2) is 12.4 Å². The third-order valence-corrected chi connectivity index (χ3v) is 4.83. The quantitative estimate of drug-likeness (QED) is 0.800. The molecule has 7 heteroatoms. The summed E-state index contributed by atoms with van der Waals surface area (Å²) in [4.78, 5) is 28.4. The Morgan fingerprint density at radius 3 is 2.72 bits per heavy atom. The van der Waals surface area contributed by atoms with Crippen molar-refractivity contribution in [2.45, 2.75) is 46.7 Å². The van der Waals surface area contributed by atoms with Crippen LogP contribution in [0.2, 0.25) is 0 Å². The van der Waals surface area contributed by atoms with Crippen molar-refractivity contribution < 1.29 is 9.59 Å². The van der Waals surface area contributed by atoms with Gasteiger partial charge in [0.05, 0.1) is 12.7 Å². The Kier molecular flexibility index (Phi) is 7.43. The average molecular weight is 349 g/mol. The van der Waals surface area contributed by atoms with Gasteiger partial charge in [0.15, 0.2) is 0 Å². The van der Waals surface area contributed by atoms with E-state index < -0.39 is 0 Å². The van der Waals surface area contributed by atoms with E-state index in [0.717, 1.165) is 45.6 Å². The van der Waals surface area contributed by atoms with E-state index in [2.05, 4.69) is 28.4 Å². The second-order valence-corrected chi connectivity index (χ2v) is 6.74. The van der Waals surface area contributed by atoms with E-state index in [-0.39, 0.29) is 24.3 Å². The lowest BCUT2D eigenvalue weighted by Crippen LogP contribution is -2.43. The summed E-state index contributed by atoms with van der Waals surface area (Å²) in [5, 5.41) is 7.07. The number of carbonyl (C=O) groups excluding carboxylic acids is 2. The number of hydrogen-bond donors (Lipinski definition) is 1. The molecule has 1 aliphatic rings. The Morgan fingerprint density at radius 2 is 2.04 bits per heavy atom. The summed E-state index contributed by atoms with van der Waals surface area (Å²) in [5.41, 5.74) is 1.21. The highest BCUT2D eigenvalue weighted by molar-refractivity contribution is 5.85. The van der Waals surface area contributed by atoms with E-state index in [1.807, 2.05) is 29.6 Å². The number of aromatic nitrogens is 2. The van der Waals surface area contributed by atoms with E-state index in [9.17, 15) is 9.59 Å². The smallest absolute Gasteiger partial charge is 0.242 e. The first kappa shape index (κ1) is 19.4. The standard InChI is InChI=1S/C18H31N5O2/c1-4-15(3)18(25)19-12-17(24)22-8-6-7-21(9-10-22)13-16-11-20-23(5-2)14-16/h11,14-15H,4-10,12-13H2,1-3H3,(H,19,25). The zero-order valence-electron chi connectivity index (χ0n) is 15.7. The summed E-state index contributed by atoms with van der Waals surface area (Å²) in [5.74, 6) is -0.0750. The van der Waals surface area contributed by atoms with Gasteiger partial charge in [-0.25, -0.2) is 0 Å². The van der Waals surface area contributed by atoms with E-state index in [0.29, 0.717) is 6.54 Å². The molecule has 0 spiro atoms. The second kappa shape index (κ2) is 9.56. The summed E-state index contributed by atoms with van der Waals surface area (Å²) < 4.78 is 1.93. The molecule has 0 radical (unpaired) electrons. The van der Waals surface area contributed by atoms with Crippen molar-refractivity contribution >= 4 is 11.8 Å². The summed E-state index contributed by atoms with van der Waals surface area (Å²) in [6.45, 7) is 11.1. The van der Waals surface area contributed by atoms with Gasteiger partial charge in [0.25, 0.3) is 0 Å². The molecular weight excluding hydrogens is 318 g/mol. The molecule has 2 heterocycles. The molecular formula is C18H31N5O2. The van der Waals surface area contributed by atoms with Crippen LogP contribution in [0.1, 0.15) is 39.2 Å². The molecule has 0 aliphatic carbocycles. The summed E-state index contributed by atoms with van der Waals surface area (Å²) in [6.07, 6.45) is 5.74. The van der Waals surface area contributed by atoms with Gasteiger partial charge in [-0.05, 0) is 19.8 Å². The molecule has 1 aliphatic heterocycles. The predicted molar refractivity (Wildman–Crippen MR) is 96.8 cm³/mol. The van der Waals surface area contributed by atoms with Crippen LogP contribution < -0.4 is 5.32 Å². The van der Waals surface area contributed by atoms with Crippen molar-refractivity contribution in [2.24, 2.45) is 5.92 Å². The molecule has 1 aromatic rings. The maximum atomic E-state index is 12.4. The summed E-state index contributed by atoms with van der Waals surface area (Å²) in [7, 11) is 0. The van der Waals surface area contributed by atoms with Gasteiger partial charge < -0.3 is 10.2 Å². The van der Waals surface area contributed by atoms with Crippen LogP contribution in [-0.4, -0.2) is 64.1 Å². The normalized spacial score (nSPS) is 17.2. The molecule has 7 nitrogen and oxygen atoms in total. The Morgan fingerprint density at radius 1 is 1.24 bits per heavy atom. The van der Waals surface area contributed by atoms with Crippen molar-refractivity contribution in [3.05, 3.63) is 18.0 Å². The van der Waals surface area contributed by atoms with Crippen LogP contribution >= 0.6 is 0 Å². The molecule has 1 aromatic heterocycles. The number of amides is 2. The van der Waals surface area contributed by atoms with Crippen molar-refractivity contribution in [3.8, 4) is 0 Å². The number of carbonyl (C=O) groups is 2. The fourth-order valence-corrected chi connectivity index (χ4v) is 2.93. The van der Waals surface area contributed by atoms with Gasteiger partial charge in [0, 0.05) is 56.9 Å². The van der Waals surface area contributed by atoms with Crippen LogP contribution in [0.5, 0.6) is 0 Å². The lowest BCUT2D eigenvalue weighted by Gasteiger charge is -2.22. The lowest BCUT2D eigenvalue weighted by atomic mass is 10.1. The van der Waals surface area contributed by atoms with Gasteiger partial charge in [-0.3, -0.25) is 19.2 Å². The predicted octanol–water partition coefficient (Wildman–Crippen LogP) is 1.10. The summed E-state index contributed by atoms with van der Waals surface area (Å²) >= 11 is 0. The number of nitrogens with one attached hydrogen (secondary N) is 1. The number of rotatable bonds is 7. The number of hydrogen-bond acceptors (Lipinski definition) is 4. The molecule has 0 aromatic carbocycles. The molecule has 1 unspecified atom stereocenters. The van der Waals surface area contributed by atoms with Crippen LogP contribution in [0.25, 0.3) is 0 Å². The molecule has 1 saturated heterocycles. The Labute approximate surface area is 150 Å². The van der Waals surface area contributed by atoms with Crippen LogP contribution in [0.4, 0.5) is 0 Å². The molecule has 25 heavy (non-hydrogen) atoms. The number of nitrogens with zero attached hydrogens (tertiary/aromatic N) is 4. The third-order valence-electron chi connectivity index (χ3n) is 4.83. The highest BCUT2D eigenvalue weighted by Crippen LogP contribution is 2.09. The maximum absolute atomic E-state index is 12.4. The Balaban J connectivity index is 1.78. The van der Waals surface area contributed by atoms with Crippen LogP contribution in [0.3, 0.4) is 0 Å². The fourth-order valence-electron chi connectivity index (χ4n) is 2.93. The zero-order valence-corrected chi connectivity index (χ0v) is 15.7. The molecule has 0 bridgehead atoms. The fraction of sp³-hybridized carbons (Fsp3) is 0.722. The molecule has 0 saturated carbocycles. The highest BCUT2D eigenvalue weighted by atomic mass is 16.2. The van der Waals surface area contributed by atoms with Crippen LogP contribution in [-0.2, 0) is 22.7 Å². The van der Waals surface area contributed by atoms with Gasteiger partial charge in [-0.15, -0.1) is 0 Å². The number of aryl methyl sites for hydroxylation is 1. The third kappa shape index (κ3) is 5.85. The van der Waals surface area contributed by atoms with Gasteiger partial charge >= 0.3 is 0 Å². The molecule has 2 amide bonds. The SMILES string of the molecule is CCC(C)C(=O)NCC(=O)N1CCCN(Cc2cnn(CC)c2)CC1. The van der Waals surface area contributed by atoms with Crippen molar-refractivity contribution in [2.75, 3.05) is 32.7 Å². The maximum Gasteiger partial charge on any atom is 0.242 e. The largest absolute Gasteiger partial charge is 0.347 e. The minimum absolute atomic E-state index is 0.0114. The molecule has 1 atom stereocenters. The first-order valence-corrected chi connectivity index (χ1v) is 9.32.